The number of nitrogens with zero attached hydrogens (tertiary/aromatic N) is 5. The number of benzene rings is 1. The number of nitro benzene ring substituents is 1. The Hall–Kier alpha value is -1.96. The average Bonchev–Trinajstić information content (AvgIpc) is 2.87. The standard InChI is InChI=1S/C12H15N5O2S/c1-8(2)16-12(13-14-15-16)20-9(3)10-5-4-6-11(7-10)17(18)19/h4-9H,1-3H3/t9-/m1/s1. The summed E-state index contributed by atoms with van der Waals surface area (Å²) in [6.45, 7) is 5.97. The van der Waals surface area contributed by atoms with Crippen LogP contribution in [0.4, 0.5) is 5.69 Å². The molecule has 20 heavy (non-hydrogen) atoms. The van der Waals surface area contributed by atoms with E-state index in [-0.39, 0.29) is 21.9 Å². The first-order valence-electron chi connectivity index (χ1n) is 6.18. The second-order valence-electron chi connectivity index (χ2n) is 4.61. The number of nitro groups is 1. The fourth-order valence-electron chi connectivity index (χ4n) is 1.70. The summed E-state index contributed by atoms with van der Waals surface area (Å²) in [5.41, 5.74) is 0.973. The molecule has 0 radical (unpaired) electrons. The van der Waals surface area contributed by atoms with Gasteiger partial charge in [-0.2, -0.15) is 0 Å². The number of tetrazole rings is 1. The molecule has 0 aliphatic rings. The van der Waals surface area contributed by atoms with Crippen molar-refractivity contribution in [3.63, 3.8) is 0 Å². The summed E-state index contributed by atoms with van der Waals surface area (Å²) in [4.78, 5) is 10.4. The van der Waals surface area contributed by atoms with Gasteiger partial charge in [-0.25, -0.2) is 4.68 Å². The van der Waals surface area contributed by atoms with Gasteiger partial charge in [-0.05, 0) is 36.8 Å². The Kier molecular flexibility index (Phi) is 4.33. The van der Waals surface area contributed by atoms with Gasteiger partial charge in [0.2, 0.25) is 5.16 Å². The summed E-state index contributed by atoms with van der Waals surface area (Å²) in [7, 11) is 0. The first-order chi connectivity index (χ1) is 9.49. The Morgan fingerprint density at radius 3 is 2.75 bits per heavy atom. The zero-order valence-corrected chi connectivity index (χ0v) is 12.2. The van der Waals surface area contributed by atoms with Crippen molar-refractivity contribution in [2.45, 2.75) is 37.2 Å². The van der Waals surface area contributed by atoms with Crippen molar-refractivity contribution in [1.29, 1.82) is 0 Å². The number of non-ortho nitro benzene ring substituents is 1. The molecule has 1 heterocycles. The van der Waals surface area contributed by atoms with E-state index in [1.165, 1.54) is 17.8 Å². The summed E-state index contributed by atoms with van der Waals surface area (Å²) in [5.74, 6) is 0. The Morgan fingerprint density at radius 1 is 1.35 bits per heavy atom. The number of rotatable bonds is 5. The van der Waals surface area contributed by atoms with Gasteiger partial charge in [-0.3, -0.25) is 10.1 Å². The highest BCUT2D eigenvalue weighted by molar-refractivity contribution is 7.99. The molecule has 1 aromatic heterocycles. The predicted octanol–water partition coefficient (Wildman–Crippen LogP) is 3.02. The second kappa shape index (κ2) is 6.00. The molecular weight excluding hydrogens is 278 g/mol. The van der Waals surface area contributed by atoms with Gasteiger partial charge >= 0.3 is 0 Å². The van der Waals surface area contributed by atoms with Gasteiger partial charge < -0.3 is 0 Å². The highest BCUT2D eigenvalue weighted by Crippen LogP contribution is 2.35. The third-order valence-corrected chi connectivity index (χ3v) is 3.89. The minimum atomic E-state index is -0.390. The van der Waals surface area contributed by atoms with E-state index in [2.05, 4.69) is 15.5 Å². The van der Waals surface area contributed by atoms with E-state index in [1.54, 1.807) is 16.8 Å². The normalized spacial score (nSPS) is 12.6. The van der Waals surface area contributed by atoms with Crippen molar-refractivity contribution in [1.82, 2.24) is 20.2 Å². The molecule has 1 aromatic carbocycles. The summed E-state index contributed by atoms with van der Waals surface area (Å²) < 4.78 is 1.73. The van der Waals surface area contributed by atoms with Gasteiger partial charge in [0, 0.05) is 17.4 Å². The fraction of sp³-hybridized carbons (Fsp3) is 0.417. The molecule has 2 rings (SSSR count). The molecule has 0 aliphatic carbocycles. The Bertz CT molecular complexity index is 613. The summed E-state index contributed by atoms with van der Waals surface area (Å²) in [6, 6.07) is 6.80. The van der Waals surface area contributed by atoms with Crippen LogP contribution in [0.1, 0.15) is 37.6 Å². The number of hydrogen-bond donors (Lipinski definition) is 0. The van der Waals surface area contributed by atoms with Crippen LogP contribution in [0.5, 0.6) is 0 Å². The lowest BCUT2D eigenvalue weighted by Gasteiger charge is -2.12. The van der Waals surface area contributed by atoms with Gasteiger partial charge in [-0.1, -0.05) is 23.9 Å². The molecule has 0 aliphatic heterocycles. The fourth-order valence-corrected chi connectivity index (χ4v) is 2.74. The SMILES string of the molecule is CC(C)n1nnnc1S[C@H](C)c1cccc([N+](=O)[O-])c1. The minimum absolute atomic E-state index is 0.0263. The molecular formula is C12H15N5O2S. The monoisotopic (exact) mass is 293 g/mol. The maximum atomic E-state index is 10.8. The summed E-state index contributed by atoms with van der Waals surface area (Å²) in [5, 5.41) is 23.1. The summed E-state index contributed by atoms with van der Waals surface area (Å²) in [6.07, 6.45) is 0. The van der Waals surface area contributed by atoms with Gasteiger partial charge in [0.05, 0.1) is 11.0 Å². The van der Waals surface area contributed by atoms with Crippen LogP contribution in [0, 0.1) is 10.1 Å². The minimum Gasteiger partial charge on any atom is -0.258 e. The Labute approximate surface area is 120 Å². The maximum Gasteiger partial charge on any atom is 0.269 e. The predicted molar refractivity (Wildman–Crippen MR) is 75.6 cm³/mol. The second-order valence-corrected chi connectivity index (χ2v) is 5.92. The quantitative estimate of drug-likeness (QED) is 0.478. The topological polar surface area (TPSA) is 86.7 Å². The van der Waals surface area contributed by atoms with E-state index in [1.807, 2.05) is 26.8 Å². The molecule has 0 N–H and O–H groups in total. The Balaban J connectivity index is 2.19. The van der Waals surface area contributed by atoms with Crippen LogP contribution in [0.25, 0.3) is 0 Å². The zero-order valence-electron chi connectivity index (χ0n) is 11.4. The molecule has 0 amide bonds. The largest absolute Gasteiger partial charge is 0.269 e. The van der Waals surface area contributed by atoms with E-state index in [0.717, 1.165) is 5.56 Å². The van der Waals surface area contributed by atoms with Gasteiger partial charge in [0.15, 0.2) is 0 Å². The van der Waals surface area contributed by atoms with Crippen molar-refractivity contribution in [2.75, 3.05) is 0 Å². The van der Waals surface area contributed by atoms with Crippen LogP contribution in [0.2, 0.25) is 0 Å². The van der Waals surface area contributed by atoms with Crippen molar-refractivity contribution >= 4 is 17.4 Å². The Morgan fingerprint density at radius 2 is 2.10 bits per heavy atom. The average molecular weight is 293 g/mol. The third kappa shape index (κ3) is 3.13. The number of aromatic nitrogens is 4. The van der Waals surface area contributed by atoms with Crippen molar-refractivity contribution < 1.29 is 4.92 Å². The molecule has 0 unspecified atom stereocenters. The van der Waals surface area contributed by atoms with Gasteiger partial charge in [0.25, 0.3) is 5.69 Å². The molecule has 0 saturated heterocycles. The lowest BCUT2D eigenvalue weighted by molar-refractivity contribution is -0.384. The van der Waals surface area contributed by atoms with E-state index < -0.39 is 0 Å². The van der Waals surface area contributed by atoms with Crippen LogP contribution < -0.4 is 0 Å². The molecule has 0 saturated carbocycles. The van der Waals surface area contributed by atoms with E-state index in [4.69, 9.17) is 0 Å². The highest BCUT2D eigenvalue weighted by atomic mass is 32.2. The van der Waals surface area contributed by atoms with Crippen LogP contribution in [-0.2, 0) is 0 Å². The third-order valence-electron chi connectivity index (χ3n) is 2.78. The van der Waals surface area contributed by atoms with Gasteiger partial charge in [-0.15, -0.1) is 5.10 Å². The van der Waals surface area contributed by atoms with Crippen LogP contribution >= 0.6 is 11.8 Å². The maximum absolute atomic E-state index is 10.8. The van der Waals surface area contributed by atoms with E-state index in [0.29, 0.717) is 5.16 Å². The van der Waals surface area contributed by atoms with Crippen LogP contribution in [0.3, 0.4) is 0 Å². The van der Waals surface area contributed by atoms with Crippen molar-refractivity contribution in [3.8, 4) is 0 Å². The van der Waals surface area contributed by atoms with Crippen LogP contribution in [0.15, 0.2) is 29.4 Å². The molecule has 0 fully saturated rings. The lowest BCUT2D eigenvalue weighted by atomic mass is 10.1. The molecule has 8 heteroatoms. The summed E-state index contributed by atoms with van der Waals surface area (Å²) >= 11 is 1.48. The molecule has 2 aromatic rings. The van der Waals surface area contributed by atoms with Gasteiger partial charge in [0.1, 0.15) is 0 Å². The number of hydrogen-bond acceptors (Lipinski definition) is 6. The first-order valence-corrected chi connectivity index (χ1v) is 7.06. The molecule has 7 nitrogen and oxygen atoms in total. The molecule has 0 bridgehead atoms. The lowest BCUT2D eigenvalue weighted by Crippen LogP contribution is -2.05. The zero-order chi connectivity index (χ0) is 14.7. The van der Waals surface area contributed by atoms with E-state index >= 15 is 0 Å². The van der Waals surface area contributed by atoms with Crippen molar-refractivity contribution in [2.24, 2.45) is 0 Å². The smallest absolute Gasteiger partial charge is 0.258 e. The van der Waals surface area contributed by atoms with E-state index in [9.17, 15) is 10.1 Å². The first kappa shape index (κ1) is 14.4. The number of thioether (sulfide) groups is 1. The highest BCUT2D eigenvalue weighted by Gasteiger charge is 2.17. The molecule has 106 valence electrons. The van der Waals surface area contributed by atoms with Crippen molar-refractivity contribution in [3.05, 3.63) is 39.9 Å². The van der Waals surface area contributed by atoms with Crippen LogP contribution in [-0.4, -0.2) is 25.1 Å². The molecule has 0 spiro atoms. The molecule has 1 atom stereocenters.